The molecule has 1 aromatic carbocycles. The first-order valence-corrected chi connectivity index (χ1v) is 7.24. The average molecular weight is 361 g/mol. The molecule has 0 aliphatic carbocycles. The van der Waals surface area contributed by atoms with Crippen LogP contribution in [0.15, 0.2) is 6.07 Å². The Kier molecular flexibility index (Phi) is 4.06. The third-order valence-corrected chi connectivity index (χ3v) is 5.00. The lowest BCUT2D eigenvalue weighted by Crippen LogP contribution is -2.38. The molecule has 100 valence electrons. The quantitative estimate of drug-likeness (QED) is 0.755. The summed E-state index contributed by atoms with van der Waals surface area (Å²) in [5.41, 5.74) is 2.66. The van der Waals surface area contributed by atoms with Crippen molar-refractivity contribution in [3.8, 4) is 11.5 Å². The molecule has 0 unspecified atom stereocenters. The van der Waals surface area contributed by atoms with Crippen molar-refractivity contribution in [3.05, 3.63) is 20.8 Å². The number of nitrogens with zero attached hydrogens (tertiary/aromatic N) is 1. The fraction of sp³-hybridized carbons (Fsp3) is 0.571. The van der Waals surface area contributed by atoms with Crippen LogP contribution in [0, 0.1) is 3.57 Å². The fourth-order valence-corrected chi connectivity index (χ4v) is 3.58. The summed E-state index contributed by atoms with van der Waals surface area (Å²) in [7, 11) is 5.63. The highest BCUT2D eigenvalue weighted by Crippen LogP contribution is 2.43. The Morgan fingerprint density at radius 1 is 1.28 bits per heavy atom. The number of benzene rings is 1. The third kappa shape index (κ3) is 2.09. The summed E-state index contributed by atoms with van der Waals surface area (Å²) in [5.74, 6) is 1.88. The molecular weight excluding hydrogens is 341 g/mol. The van der Waals surface area contributed by atoms with Gasteiger partial charge in [-0.15, -0.1) is 0 Å². The standard InChI is InChI=1S/C14H20INO2/c1-8-6-10-7-11(17-4)13(15)14(18-5)12(10)9(2)16(8)3/h7-9H,6H2,1-5H3/t8-,9+/m0/s1. The molecule has 0 saturated carbocycles. The van der Waals surface area contributed by atoms with Gasteiger partial charge in [0.1, 0.15) is 11.5 Å². The van der Waals surface area contributed by atoms with E-state index in [2.05, 4.69) is 54.5 Å². The van der Waals surface area contributed by atoms with Gasteiger partial charge in [0.15, 0.2) is 0 Å². The maximum absolute atomic E-state index is 5.63. The van der Waals surface area contributed by atoms with Crippen molar-refractivity contribution in [3.63, 3.8) is 0 Å². The average Bonchev–Trinajstić information content (AvgIpc) is 2.36. The molecule has 0 saturated heterocycles. The Morgan fingerprint density at radius 2 is 1.94 bits per heavy atom. The summed E-state index contributed by atoms with van der Waals surface area (Å²) >= 11 is 2.30. The molecule has 3 nitrogen and oxygen atoms in total. The van der Waals surface area contributed by atoms with Crippen molar-refractivity contribution in [1.82, 2.24) is 4.90 Å². The van der Waals surface area contributed by atoms with Gasteiger partial charge in [0.05, 0.1) is 17.8 Å². The lowest BCUT2D eigenvalue weighted by molar-refractivity contribution is 0.175. The predicted octanol–water partition coefficient (Wildman–Crippen LogP) is 3.25. The van der Waals surface area contributed by atoms with E-state index in [-0.39, 0.29) is 0 Å². The smallest absolute Gasteiger partial charge is 0.140 e. The van der Waals surface area contributed by atoms with Crippen LogP contribution in [0.4, 0.5) is 0 Å². The summed E-state index contributed by atoms with van der Waals surface area (Å²) in [6.45, 7) is 4.50. The molecular formula is C14H20INO2. The Balaban J connectivity index is 2.64. The van der Waals surface area contributed by atoms with E-state index >= 15 is 0 Å². The van der Waals surface area contributed by atoms with Crippen LogP contribution in [-0.2, 0) is 6.42 Å². The highest BCUT2D eigenvalue weighted by Gasteiger charge is 2.31. The first kappa shape index (κ1) is 13.9. The summed E-state index contributed by atoms with van der Waals surface area (Å²) in [5, 5.41) is 0. The normalized spacial score (nSPS) is 23.7. The SMILES string of the molecule is COc1cc2c(c(OC)c1I)[C@@H](C)N(C)[C@@H](C)C2. The van der Waals surface area contributed by atoms with E-state index in [1.54, 1.807) is 14.2 Å². The molecule has 0 spiro atoms. The third-order valence-electron chi connectivity index (χ3n) is 3.97. The number of likely N-dealkylation sites (N-methyl/N-ethyl adjacent to an activating group) is 1. The van der Waals surface area contributed by atoms with Crippen LogP contribution in [0.2, 0.25) is 0 Å². The molecule has 4 heteroatoms. The molecule has 1 heterocycles. The van der Waals surface area contributed by atoms with E-state index in [1.165, 1.54) is 11.1 Å². The first-order chi connectivity index (χ1) is 8.51. The zero-order valence-electron chi connectivity index (χ0n) is 11.6. The Morgan fingerprint density at radius 3 is 2.50 bits per heavy atom. The minimum Gasteiger partial charge on any atom is -0.495 e. The number of rotatable bonds is 2. The van der Waals surface area contributed by atoms with E-state index in [0.29, 0.717) is 12.1 Å². The Hall–Kier alpha value is -0.490. The molecule has 0 fully saturated rings. The maximum Gasteiger partial charge on any atom is 0.140 e. The molecule has 2 rings (SSSR count). The second-order valence-corrected chi connectivity index (χ2v) is 5.97. The number of fused-ring (bicyclic) bond motifs is 1. The second-order valence-electron chi connectivity index (χ2n) is 4.89. The molecule has 2 atom stereocenters. The highest BCUT2D eigenvalue weighted by molar-refractivity contribution is 14.1. The second kappa shape index (κ2) is 5.25. The lowest BCUT2D eigenvalue weighted by Gasteiger charge is -2.38. The zero-order chi connectivity index (χ0) is 13.4. The molecule has 1 aliphatic heterocycles. The van der Waals surface area contributed by atoms with Gasteiger partial charge in [-0.25, -0.2) is 0 Å². The fourth-order valence-electron chi connectivity index (χ4n) is 2.70. The van der Waals surface area contributed by atoms with Crippen molar-refractivity contribution >= 4 is 22.6 Å². The number of hydrogen-bond donors (Lipinski definition) is 0. The van der Waals surface area contributed by atoms with Gasteiger partial charge in [0.2, 0.25) is 0 Å². The van der Waals surface area contributed by atoms with Gasteiger partial charge in [0, 0.05) is 17.6 Å². The van der Waals surface area contributed by atoms with Crippen LogP contribution in [0.1, 0.15) is 31.0 Å². The van der Waals surface area contributed by atoms with Crippen molar-refractivity contribution in [2.45, 2.75) is 32.4 Å². The van der Waals surface area contributed by atoms with Crippen LogP contribution in [0.25, 0.3) is 0 Å². The monoisotopic (exact) mass is 361 g/mol. The van der Waals surface area contributed by atoms with Crippen LogP contribution < -0.4 is 9.47 Å². The Bertz CT molecular complexity index is 462. The van der Waals surface area contributed by atoms with E-state index in [9.17, 15) is 0 Å². The van der Waals surface area contributed by atoms with Crippen LogP contribution in [0.5, 0.6) is 11.5 Å². The van der Waals surface area contributed by atoms with Gasteiger partial charge in [-0.2, -0.15) is 0 Å². The van der Waals surface area contributed by atoms with E-state index < -0.39 is 0 Å². The van der Waals surface area contributed by atoms with Gasteiger partial charge < -0.3 is 9.47 Å². The van der Waals surface area contributed by atoms with E-state index in [0.717, 1.165) is 21.5 Å². The van der Waals surface area contributed by atoms with Gasteiger partial charge >= 0.3 is 0 Å². The molecule has 0 aromatic heterocycles. The molecule has 0 radical (unpaired) electrons. The zero-order valence-corrected chi connectivity index (χ0v) is 13.7. The maximum atomic E-state index is 5.63. The van der Waals surface area contributed by atoms with Crippen LogP contribution in [-0.4, -0.2) is 32.2 Å². The van der Waals surface area contributed by atoms with Crippen LogP contribution >= 0.6 is 22.6 Å². The highest BCUT2D eigenvalue weighted by atomic mass is 127. The molecule has 0 amide bonds. The van der Waals surface area contributed by atoms with Gasteiger partial charge in [-0.1, -0.05) is 0 Å². The molecule has 1 aromatic rings. The van der Waals surface area contributed by atoms with Crippen molar-refractivity contribution in [2.75, 3.05) is 21.3 Å². The molecule has 0 bridgehead atoms. The molecule has 18 heavy (non-hydrogen) atoms. The number of methoxy groups -OCH3 is 2. The van der Waals surface area contributed by atoms with Crippen molar-refractivity contribution in [1.29, 1.82) is 0 Å². The lowest BCUT2D eigenvalue weighted by atomic mass is 9.89. The van der Waals surface area contributed by atoms with Gasteiger partial charge in [-0.05, 0) is 61.5 Å². The van der Waals surface area contributed by atoms with E-state index in [4.69, 9.17) is 9.47 Å². The number of ether oxygens (including phenoxy) is 2. The largest absolute Gasteiger partial charge is 0.495 e. The van der Waals surface area contributed by atoms with Crippen LogP contribution in [0.3, 0.4) is 0 Å². The molecule has 0 N–H and O–H groups in total. The topological polar surface area (TPSA) is 21.7 Å². The van der Waals surface area contributed by atoms with E-state index in [1.807, 2.05) is 0 Å². The molecule has 1 aliphatic rings. The minimum absolute atomic E-state index is 0.373. The van der Waals surface area contributed by atoms with Crippen molar-refractivity contribution in [2.24, 2.45) is 0 Å². The first-order valence-electron chi connectivity index (χ1n) is 6.16. The van der Waals surface area contributed by atoms with Gasteiger partial charge in [-0.3, -0.25) is 4.90 Å². The summed E-state index contributed by atoms with van der Waals surface area (Å²) in [6.07, 6.45) is 1.04. The predicted molar refractivity (Wildman–Crippen MR) is 81.6 cm³/mol. The Labute approximate surface area is 123 Å². The summed E-state index contributed by atoms with van der Waals surface area (Å²) in [4.78, 5) is 2.40. The summed E-state index contributed by atoms with van der Waals surface area (Å²) < 4.78 is 12.1. The van der Waals surface area contributed by atoms with Crippen molar-refractivity contribution < 1.29 is 9.47 Å². The number of hydrogen-bond acceptors (Lipinski definition) is 3. The number of halogens is 1. The minimum atomic E-state index is 0.373. The summed E-state index contributed by atoms with van der Waals surface area (Å²) in [6, 6.07) is 3.08. The van der Waals surface area contributed by atoms with Gasteiger partial charge in [0.25, 0.3) is 0 Å².